The number of ether oxygens (including phenoxy) is 1. The zero-order chi connectivity index (χ0) is 17.1. The first kappa shape index (κ1) is 18.0. The Morgan fingerprint density at radius 2 is 1.52 bits per heavy atom. The number of alkyl halides is 5. The molecular formula is C17H21F5O. The fourth-order valence-corrected chi connectivity index (χ4v) is 3.08. The number of benzene rings is 1. The van der Waals surface area contributed by atoms with Gasteiger partial charge in [0.25, 0.3) is 0 Å². The third-order valence-electron chi connectivity index (χ3n) is 4.44. The SMILES string of the molecule is CCCOc1ccc([C@H]2CC[C@H](C(F)(F)C(F)(F)F)CC2)cc1. The molecule has 0 heterocycles. The lowest BCUT2D eigenvalue weighted by atomic mass is 9.76. The fraction of sp³-hybridized carbons (Fsp3) is 0.647. The molecule has 1 fully saturated rings. The van der Waals surface area contributed by atoms with Crippen LogP contribution in [0, 0.1) is 5.92 Å². The Bertz CT molecular complexity index is 487. The minimum absolute atomic E-state index is 0.0375. The summed E-state index contributed by atoms with van der Waals surface area (Å²) in [5.74, 6) is -5.41. The van der Waals surface area contributed by atoms with E-state index in [0.717, 1.165) is 17.7 Å². The molecule has 1 saturated carbocycles. The third kappa shape index (κ3) is 4.15. The molecule has 130 valence electrons. The monoisotopic (exact) mass is 336 g/mol. The predicted molar refractivity (Wildman–Crippen MR) is 77.9 cm³/mol. The van der Waals surface area contributed by atoms with Gasteiger partial charge in [0.05, 0.1) is 6.61 Å². The molecule has 0 unspecified atom stereocenters. The number of hydrogen-bond acceptors (Lipinski definition) is 1. The van der Waals surface area contributed by atoms with Crippen LogP contribution in [0.2, 0.25) is 0 Å². The first-order chi connectivity index (χ1) is 10.8. The molecule has 0 radical (unpaired) electrons. The van der Waals surface area contributed by atoms with Crippen LogP contribution in [-0.4, -0.2) is 18.7 Å². The zero-order valence-corrected chi connectivity index (χ0v) is 13.0. The standard InChI is InChI=1S/C17H21F5O/c1-2-11-23-15-9-5-13(6-10-15)12-3-7-14(8-4-12)16(18,19)17(20,21)22/h5-6,9-10,12,14H,2-4,7-8,11H2,1H3/t12-,14-. The summed E-state index contributed by atoms with van der Waals surface area (Å²) in [5.41, 5.74) is 0.975. The first-order valence-corrected chi connectivity index (χ1v) is 7.93. The van der Waals surface area contributed by atoms with Crippen LogP contribution in [-0.2, 0) is 0 Å². The zero-order valence-electron chi connectivity index (χ0n) is 13.0. The lowest BCUT2D eigenvalue weighted by Crippen LogP contribution is -2.44. The number of rotatable bonds is 5. The highest BCUT2D eigenvalue weighted by atomic mass is 19.4. The molecule has 0 aromatic heterocycles. The number of halogens is 5. The molecule has 0 spiro atoms. The smallest absolute Gasteiger partial charge is 0.453 e. The van der Waals surface area contributed by atoms with Gasteiger partial charge in [-0.3, -0.25) is 0 Å². The van der Waals surface area contributed by atoms with Gasteiger partial charge >= 0.3 is 12.1 Å². The van der Waals surface area contributed by atoms with E-state index in [1.54, 1.807) is 0 Å². The van der Waals surface area contributed by atoms with Crippen molar-refractivity contribution in [1.29, 1.82) is 0 Å². The second-order valence-corrected chi connectivity index (χ2v) is 6.09. The van der Waals surface area contributed by atoms with Gasteiger partial charge in [0, 0.05) is 5.92 Å². The van der Waals surface area contributed by atoms with E-state index in [1.807, 2.05) is 31.2 Å². The molecule has 0 amide bonds. The maximum atomic E-state index is 13.4. The van der Waals surface area contributed by atoms with Crippen LogP contribution in [0.25, 0.3) is 0 Å². The Morgan fingerprint density at radius 1 is 0.957 bits per heavy atom. The van der Waals surface area contributed by atoms with Crippen molar-refractivity contribution < 1.29 is 26.7 Å². The average molecular weight is 336 g/mol. The minimum atomic E-state index is -5.46. The van der Waals surface area contributed by atoms with E-state index < -0.39 is 18.0 Å². The molecule has 1 aromatic rings. The van der Waals surface area contributed by atoms with Crippen molar-refractivity contribution in [3.8, 4) is 5.75 Å². The van der Waals surface area contributed by atoms with E-state index >= 15 is 0 Å². The second-order valence-electron chi connectivity index (χ2n) is 6.09. The van der Waals surface area contributed by atoms with Gasteiger partial charge < -0.3 is 4.74 Å². The van der Waals surface area contributed by atoms with Crippen LogP contribution in [0.4, 0.5) is 22.0 Å². The Balaban J connectivity index is 1.94. The summed E-state index contributed by atoms with van der Waals surface area (Å²) in [4.78, 5) is 0. The van der Waals surface area contributed by atoms with E-state index in [1.165, 1.54) is 0 Å². The van der Waals surface area contributed by atoms with Crippen molar-refractivity contribution >= 4 is 0 Å². The summed E-state index contributed by atoms with van der Waals surface area (Å²) in [6.45, 7) is 2.63. The Kier molecular flexibility index (Phi) is 5.53. The van der Waals surface area contributed by atoms with Crippen LogP contribution in [0.15, 0.2) is 24.3 Å². The first-order valence-electron chi connectivity index (χ1n) is 7.93. The predicted octanol–water partition coefficient (Wildman–Crippen LogP) is 5.95. The van der Waals surface area contributed by atoms with Crippen molar-refractivity contribution in [2.24, 2.45) is 5.92 Å². The normalized spacial score (nSPS) is 22.9. The molecule has 1 aromatic carbocycles. The topological polar surface area (TPSA) is 9.23 Å². The number of hydrogen-bond donors (Lipinski definition) is 0. The summed E-state index contributed by atoms with van der Waals surface area (Å²) < 4.78 is 69.5. The summed E-state index contributed by atoms with van der Waals surface area (Å²) in [6, 6.07) is 7.39. The molecule has 1 nitrogen and oxygen atoms in total. The molecule has 0 aliphatic heterocycles. The summed E-state index contributed by atoms with van der Waals surface area (Å²) in [5, 5.41) is 0. The Hall–Kier alpha value is -1.33. The molecule has 2 rings (SSSR count). The molecule has 0 saturated heterocycles. The largest absolute Gasteiger partial charge is 0.494 e. The van der Waals surface area contributed by atoms with Crippen molar-refractivity contribution in [3.05, 3.63) is 29.8 Å². The lowest BCUT2D eigenvalue weighted by Gasteiger charge is -2.34. The summed E-state index contributed by atoms with van der Waals surface area (Å²) >= 11 is 0. The molecular weight excluding hydrogens is 315 g/mol. The van der Waals surface area contributed by atoms with Crippen molar-refractivity contribution in [3.63, 3.8) is 0 Å². The van der Waals surface area contributed by atoms with Crippen LogP contribution >= 0.6 is 0 Å². The third-order valence-corrected chi connectivity index (χ3v) is 4.44. The highest BCUT2D eigenvalue weighted by molar-refractivity contribution is 5.29. The maximum Gasteiger partial charge on any atom is 0.453 e. The van der Waals surface area contributed by atoms with Crippen molar-refractivity contribution in [1.82, 2.24) is 0 Å². The van der Waals surface area contributed by atoms with Crippen LogP contribution in [0.3, 0.4) is 0 Å². The van der Waals surface area contributed by atoms with Gasteiger partial charge in [-0.15, -0.1) is 0 Å². The molecule has 6 heteroatoms. The van der Waals surface area contributed by atoms with Gasteiger partial charge in [-0.2, -0.15) is 22.0 Å². The van der Waals surface area contributed by atoms with Crippen molar-refractivity contribution in [2.75, 3.05) is 6.61 Å². The summed E-state index contributed by atoms with van der Waals surface area (Å²) in [6.07, 6.45) is -4.06. The Labute approximate surface area is 132 Å². The maximum absolute atomic E-state index is 13.4. The molecule has 1 aliphatic carbocycles. The van der Waals surface area contributed by atoms with Gasteiger partial charge in [-0.05, 0) is 55.7 Å². The average Bonchev–Trinajstić information content (AvgIpc) is 2.52. The van der Waals surface area contributed by atoms with Crippen LogP contribution in [0.5, 0.6) is 5.75 Å². The van der Waals surface area contributed by atoms with Crippen LogP contribution in [0.1, 0.15) is 50.5 Å². The molecule has 0 atom stereocenters. The van der Waals surface area contributed by atoms with Gasteiger partial charge in [0.15, 0.2) is 0 Å². The van der Waals surface area contributed by atoms with Gasteiger partial charge in [0.1, 0.15) is 5.75 Å². The van der Waals surface area contributed by atoms with Gasteiger partial charge in [-0.25, -0.2) is 0 Å². The van der Waals surface area contributed by atoms with E-state index in [9.17, 15) is 22.0 Å². The molecule has 0 N–H and O–H groups in total. The van der Waals surface area contributed by atoms with Gasteiger partial charge in [-0.1, -0.05) is 19.1 Å². The molecule has 23 heavy (non-hydrogen) atoms. The fourth-order valence-electron chi connectivity index (χ4n) is 3.08. The highest BCUT2D eigenvalue weighted by Gasteiger charge is 2.62. The van der Waals surface area contributed by atoms with E-state index in [-0.39, 0.29) is 18.8 Å². The van der Waals surface area contributed by atoms with E-state index in [0.29, 0.717) is 19.4 Å². The lowest BCUT2D eigenvalue weighted by molar-refractivity contribution is -0.305. The van der Waals surface area contributed by atoms with E-state index in [4.69, 9.17) is 4.74 Å². The minimum Gasteiger partial charge on any atom is -0.494 e. The quantitative estimate of drug-likeness (QED) is 0.604. The Morgan fingerprint density at radius 3 is 2.00 bits per heavy atom. The molecule has 0 bridgehead atoms. The summed E-state index contributed by atoms with van der Waals surface area (Å²) in [7, 11) is 0. The van der Waals surface area contributed by atoms with Crippen molar-refractivity contribution in [2.45, 2.75) is 57.0 Å². The molecule has 1 aliphatic rings. The second kappa shape index (κ2) is 7.05. The highest BCUT2D eigenvalue weighted by Crippen LogP contribution is 2.49. The van der Waals surface area contributed by atoms with Crippen LogP contribution < -0.4 is 4.74 Å². The van der Waals surface area contributed by atoms with E-state index in [2.05, 4.69) is 0 Å². The van der Waals surface area contributed by atoms with Gasteiger partial charge in [0.2, 0.25) is 0 Å².